The van der Waals surface area contributed by atoms with Crippen molar-refractivity contribution in [1.82, 2.24) is 4.90 Å². The third-order valence-electron chi connectivity index (χ3n) is 3.81. The van der Waals surface area contributed by atoms with Crippen molar-refractivity contribution in [3.05, 3.63) is 62.9 Å². The molecule has 1 amide bonds. The normalized spacial score (nSPS) is 11.2. The molecule has 0 spiro atoms. The van der Waals surface area contributed by atoms with Crippen LogP contribution in [0.3, 0.4) is 0 Å². The van der Waals surface area contributed by atoms with Crippen molar-refractivity contribution < 1.29 is 9.21 Å². The average molecular weight is 434 g/mol. The number of halogens is 1. The molecule has 0 aliphatic rings. The zero-order valence-corrected chi connectivity index (χ0v) is 16.0. The minimum absolute atomic E-state index is 0.220. The van der Waals surface area contributed by atoms with Crippen LogP contribution >= 0.6 is 22.6 Å². The molecule has 1 N–H and O–H groups in total. The largest absolute Gasteiger partial charge is 0.451 e. The summed E-state index contributed by atoms with van der Waals surface area (Å²) in [5, 5.41) is 3.93. The number of carbonyl (C=O) groups is 1. The topological polar surface area (TPSA) is 45.5 Å². The van der Waals surface area contributed by atoms with E-state index in [1.54, 1.807) is 0 Å². The Kier molecular flexibility index (Phi) is 4.91. The van der Waals surface area contributed by atoms with E-state index in [4.69, 9.17) is 4.42 Å². The van der Waals surface area contributed by atoms with E-state index in [-0.39, 0.29) is 5.91 Å². The van der Waals surface area contributed by atoms with Crippen LogP contribution in [0, 0.1) is 10.5 Å². The number of nitrogens with zero attached hydrogens (tertiary/aromatic N) is 1. The van der Waals surface area contributed by atoms with Gasteiger partial charge in [-0.15, -0.1) is 0 Å². The van der Waals surface area contributed by atoms with Crippen molar-refractivity contribution in [2.75, 3.05) is 19.4 Å². The molecule has 4 nitrogen and oxygen atoms in total. The van der Waals surface area contributed by atoms with E-state index in [0.717, 1.165) is 25.8 Å². The maximum Gasteiger partial charge on any atom is 0.291 e. The monoisotopic (exact) mass is 434 g/mol. The van der Waals surface area contributed by atoms with Crippen LogP contribution in [0.15, 0.2) is 46.9 Å². The van der Waals surface area contributed by atoms with Crippen LogP contribution in [-0.2, 0) is 6.54 Å². The average Bonchev–Trinajstić information content (AvgIpc) is 2.89. The van der Waals surface area contributed by atoms with E-state index < -0.39 is 0 Å². The van der Waals surface area contributed by atoms with Gasteiger partial charge in [0, 0.05) is 26.8 Å². The van der Waals surface area contributed by atoms with Crippen molar-refractivity contribution in [3.8, 4) is 0 Å². The summed E-state index contributed by atoms with van der Waals surface area (Å²) in [6.07, 6.45) is 0. The van der Waals surface area contributed by atoms with Gasteiger partial charge in [0.25, 0.3) is 5.91 Å². The first-order valence-electron chi connectivity index (χ1n) is 7.68. The second-order valence-electron chi connectivity index (χ2n) is 6.06. The Balaban J connectivity index is 1.97. The number of fused-ring (bicyclic) bond motifs is 1. The second kappa shape index (κ2) is 6.94. The van der Waals surface area contributed by atoms with Gasteiger partial charge in [-0.2, -0.15) is 0 Å². The Labute approximate surface area is 155 Å². The molecule has 124 valence electrons. The number of aryl methyl sites for hydroxylation is 1. The lowest BCUT2D eigenvalue weighted by molar-refractivity contribution is 0.0996. The number of carbonyl (C=O) groups excluding carboxylic acids is 1. The lowest BCUT2D eigenvalue weighted by Crippen LogP contribution is -2.17. The highest BCUT2D eigenvalue weighted by Crippen LogP contribution is 2.28. The van der Waals surface area contributed by atoms with E-state index in [0.29, 0.717) is 12.3 Å². The predicted molar refractivity (Wildman–Crippen MR) is 105 cm³/mol. The lowest BCUT2D eigenvalue weighted by Gasteiger charge is -2.10. The van der Waals surface area contributed by atoms with Gasteiger partial charge in [0.2, 0.25) is 0 Å². The summed E-state index contributed by atoms with van der Waals surface area (Å²) in [5.74, 6) is 0.156. The molecule has 0 fully saturated rings. The van der Waals surface area contributed by atoms with Crippen LogP contribution in [0.4, 0.5) is 5.69 Å². The Morgan fingerprint density at radius 2 is 1.96 bits per heavy atom. The minimum atomic E-state index is -0.220. The number of hydrogen-bond donors (Lipinski definition) is 1. The lowest BCUT2D eigenvalue weighted by atomic mass is 10.1. The van der Waals surface area contributed by atoms with Gasteiger partial charge in [0.15, 0.2) is 5.76 Å². The standard InChI is InChI=1S/C19H19IN2O2/c1-12-8-9-13(10-16(12)20)21-19(23)18-15(11-22(2)3)14-6-4-5-7-17(14)24-18/h4-10H,11H2,1-3H3,(H,21,23). The first-order chi connectivity index (χ1) is 11.5. The third kappa shape index (κ3) is 3.47. The Bertz CT molecular complexity index is 900. The third-order valence-corrected chi connectivity index (χ3v) is 4.97. The molecule has 0 radical (unpaired) electrons. The number of nitrogens with one attached hydrogen (secondary N) is 1. The summed E-state index contributed by atoms with van der Waals surface area (Å²) >= 11 is 2.26. The molecule has 0 atom stereocenters. The second-order valence-corrected chi connectivity index (χ2v) is 7.22. The first-order valence-corrected chi connectivity index (χ1v) is 8.76. The molecule has 1 heterocycles. The molecule has 2 aromatic carbocycles. The van der Waals surface area contributed by atoms with Crippen LogP contribution in [-0.4, -0.2) is 24.9 Å². The molecule has 0 saturated carbocycles. The maximum atomic E-state index is 12.8. The summed E-state index contributed by atoms with van der Waals surface area (Å²) in [6.45, 7) is 2.69. The molecule has 0 aliphatic carbocycles. The van der Waals surface area contributed by atoms with Gasteiger partial charge >= 0.3 is 0 Å². The number of benzene rings is 2. The Hall–Kier alpha value is -1.86. The predicted octanol–water partition coefficient (Wildman–Crippen LogP) is 4.66. The van der Waals surface area contributed by atoms with Gasteiger partial charge in [0.05, 0.1) is 0 Å². The Morgan fingerprint density at radius 3 is 2.67 bits per heavy atom. The van der Waals surface area contributed by atoms with Gasteiger partial charge in [-0.3, -0.25) is 4.79 Å². The highest BCUT2D eigenvalue weighted by atomic mass is 127. The number of anilines is 1. The number of hydrogen-bond acceptors (Lipinski definition) is 3. The minimum Gasteiger partial charge on any atom is -0.451 e. The summed E-state index contributed by atoms with van der Waals surface area (Å²) in [5.41, 5.74) is 3.60. The molecule has 0 bridgehead atoms. The van der Waals surface area contributed by atoms with E-state index in [9.17, 15) is 4.79 Å². The fourth-order valence-corrected chi connectivity index (χ4v) is 3.13. The summed E-state index contributed by atoms with van der Waals surface area (Å²) in [4.78, 5) is 14.8. The van der Waals surface area contributed by atoms with Crippen LogP contribution in [0.25, 0.3) is 11.0 Å². The first kappa shape index (κ1) is 17.0. The molecule has 1 aromatic heterocycles. The summed E-state index contributed by atoms with van der Waals surface area (Å²) in [7, 11) is 3.96. The molecule has 0 saturated heterocycles. The highest BCUT2D eigenvalue weighted by molar-refractivity contribution is 14.1. The van der Waals surface area contributed by atoms with Gasteiger partial charge in [-0.25, -0.2) is 0 Å². The van der Waals surface area contributed by atoms with Crippen molar-refractivity contribution in [2.24, 2.45) is 0 Å². The van der Waals surface area contributed by atoms with E-state index in [1.165, 1.54) is 5.56 Å². The number of amides is 1. The molecule has 24 heavy (non-hydrogen) atoms. The number of rotatable bonds is 4. The van der Waals surface area contributed by atoms with E-state index >= 15 is 0 Å². The van der Waals surface area contributed by atoms with E-state index in [2.05, 4.69) is 27.9 Å². The van der Waals surface area contributed by atoms with Crippen LogP contribution < -0.4 is 5.32 Å². The number of furan rings is 1. The SMILES string of the molecule is Cc1ccc(NC(=O)c2oc3ccccc3c2CN(C)C)cc1I. The number of para-hydroxylation sites is 1. The van der Waals surface area contributed by atoms with Crippen LogP contribution in [0.2, 0.25) is 0 Å². The molecule has 5 heteroatoms. The van der Waals surface area contributed by atoms with Crippen molar-refractivity contribution in [1.29, 1.82) is 0 Å². The molecule has 3 rings (SSSR count). The summed E-state index contributed by atoms with van der Waals surface area (Å²) in [6, 6.07) is 13.6. The van der Waals surface area contributed by atoms with Gasteiger partial charge in [0.1, 0.15) is 5.58 Å². The maximum absolute atomic E-state index is 12.8. The van der Waals surface area contributed by atoms with Crippen molar-refractivity contribution >= 4 is 45.2 Å². The molecule has 0 unspecified atom stereocenters. The van der Waals surface area contributed by atoms with Crippen LogP contribution in [0.5, 0.6) is 0 Å². The van der Waals surface area contributed by atoms with Crippen molar-refractivity contribution in [3.63, 3.8) is 0 Å². The van der Waals surface area contributed by atoms with E-state index in [1.807, 2.05) is 68.4 Å². The highest BCUT2D eigenvalue weighted by Gasteiger charge is 2.21. The fourth-order valence-electron chi connectivity index (χ4n) is 2.61. The van der Waals surface area contributed by atoms with Crippen molar-refractivity contribution in [2.45, 2.75) is 13.5 Å². The zero-order valence-electron chi connectivity index (χ0n) is 13.9. The smallest absolute Gasteiger partial charge is 0.291 e. The quantitative estimate of drug-likeness (QED) is 0.608. The van der Waals surface area contributed by atoms with Gasteiger partial charge in [-0.05, 0) is 67.4 Å². The molecular formula is C19H19IN2O2. The molecule has 0 aliphatic heterocycles. The molecule has 3 aromatic rings. The summed E-state index contributed by atoms with van der Waals surface area (Å²) < 4.78 is 6.96. The van der Waals surface area contributed by atoms with Crippen LogP contribution in [0.1, 0.15) is 21.7 Å². The fraction of sp³-hybridized carbons (Fsp3) is 0.211. The van der Waals surface area contributed by atoms with Gasteiger partial charge in [-0.1, -0.05) is 24.3 Å². The zero-order chi connectivity index (χ0) is 17.3. The van der Waals surface area contributed by atoms with Gasteiger partial charge < -0.3 is 14.6 Å². The molecular weight excluding hydrogens is 415 g/mol. The Morgan fingerprint density at radius 1 is 1.21 bits per heavy atom.